The molecule has 32 heavy (non-hydrogen) atoms. The van der Waals surface area contributed by atoms with Gasteiger partial charge >= 0.3 is 0 Å². The Morgan fingerprint density at radius 3 is 1.91 bits per heavy atom. The lowest BCUT2D eigenvalue weighted by molar-refractivity contribution is 0.153. The Morgan fingerprint density at radius 2 is 1.34 bits per heavy atom. The van der Waals surface area contributed by atoms with Crippen molar-refractivity contribution in [3.8, 4) is 17.2 Å². The third kappa shape index (κ3) is 7.83. The predicted molar refractivity (Wildman–Crippen MR) is 118 cm³/mol. The van der Waals surface area contributed by atoms with Crippen molar-refractivity contribution in [2.45, 2.75) is 32.8 Å². The molecule has 0 heterocycles. The fourth-order valence-electron chi connectivity index (χ4n) is 2.87. The number of nitrogens with one attached hydrogen (secondary N) is 1. The number of hydrogen-bond acceptors (Lipinski definition) is 5. The van der Waals surface area contributed by atoms with Crippen LogP contribution in [0.2, 0.25) is 0 Å². The van der Waals surface area contributed by atoms with Crippen LogP contribution in [-0.2, 0) is 13.2 Å². The summed E-state index contributed by atoms with van der Waals surface area (Å²) in [4.78, 5) is 0. The van der Waals surface area contributed by atoms with Gasteiger partial charge in [-0.15, -0.1) is 0 Å². The van der Waals surface area contributed by atoms with Gasteiger partial charge in [-0.3, -0.25) is 5.32 Å². The molecule has 0 fully saturated rings. The molecule has 170 valence electrons. The van der Waals surface area contributed by atoms with Crippen LogP contribution in [-0.4, -0.2) is 24.5 Å². The molecule has 0 bridgehead atoms. The van der Waals surface area contributed by atoms with Gasteiger partial charge in [0.05, 0.1) is 6.61 Å². The predicted octanol–water partition coefficient (Wildman–Crippen LogP) is 4.82. The molecule has 3 aromatic carbocycles. The third-order valence-electron chi connectivity index (χ3n) is 4.56. The molecule has 0 aromatic heterocycles. The van der Waals surface area contributed by atoms with Gasteiger partial charge in [-0.25, -0.2) is 8.78 Å². The lowest BCUT2D eigenvalue weighted by Crippen LogP contribution is -2.27. The van der Waals surface area contributed by atoms with Crippen LogP contribution in [0.25, 0.3) is 0 Å². The van der Waals surface area contributed by atoms with Crippen LogP contribution in [0.5, 0.6) is 17.2 Å². The zero-order valence-electron chi connectivity index (χ0n) is 17.9. The van der Waals surface area contributed by atoms with Crippen LogP contribution >= 0.6 is 0 Å². The van der Waals surface area contributed by atoms with Crippen molar-refractivity contribution in [1.29, 1.82) is 0 Å². The number of rotatable bonds is 12. The van der Waals surface area contributed by atoms with Crippen LogP contribution in [0.1, 0.15) is 24.5 Å². The maximum Gasteiger partial charge on any atom is 0.165 e. The smallest absolute Gasteiger partial charge is 0.165 e. The van der Waals surface area contributed by atoms with E-state index in [0.717, 1.165) is 17.5 Å². The summed E-state index contributed by atoms with van der Waals surface area (Å²) in [6, 6.07) is 17.4. The number of halogens is 2. The summed E-state index contributed by atoms with van der Waals surface area (Å²) >= 11 is 0. The first-order valence-electron chi connectivity index (χ1n) is 10.4. The van der Waals surface area contributed by atoms with Gasteiger partial charge in [0.1, 0.15) is 36.8 Å². The Hall–Kier alpha value is -3.16. The second kappa shape index (κ2) is 12.0. The summed E-state index contributed by atoms with van der Waals surface area (Å²) in [7, 11) is 0. The molecule has 7 heteroatoms. The molecule has 2 N–H and O–H groups in total. The second-order valence-electron chi connectivity index (χ2n) is 7.27. The highest BCUT2D eigenvalue weighted by Gasteiger charge is 2.10. The van der Waals surface area contributed by atoms with E-state index in [1.165, 1.54) is 24.3 Å². The van der Waals surface area contributed by atoms with Gasteiger partial charge in [0.25, 0.3) is 0 Å². The maximum atomic E-state index is 13.2. The summed E-state index contributed by atoms with van der Waals surface area (Å²) in [6.07, 6.45) is 0.165. The minimum absolute atomic E-state index is 0.231. The van der Waals surface area contributed by atoms with Crippen molar-refractivity contribution in [3.05, 3.63) is 89.5 Å². The standard InChI is InChI=1S/C25H27F2NO4/c1-18(29)28-13-2-14-30-23-11-12-24(31-16-19-3-7-21(26)8-4-19)25(15-23)32-17-20-5-9-22(27)10-6-20/h3-12,15,18,28-29H,2,13-14,16-17H2,1H3. The van der Waals surface area contributed by atoms with E-state index in [9.17, 15) is 13.9 Å². The maximum absolute atomic E-state index is 13.2. The van der Waals surface area contributed by atoms with Crippen LogP contribution < -0.4 is 19.5 Å². The largest absolute Gasteiger partial charge is 0.493 e. The Bertz CT molecular complexity index is 963. The van der Waals surface area contributed by atoms with Crippen molar-refractivity contribution < 1.29 is 28.1 Å². The molecule has 3 aromatic rings. The average molecular weight is 443 g/mol. The van der Waals surface area contributed by atoms with Gasteiger partial charge in [-0.2, -0.15) is 0 Å². The first-order valence-corrected chi connectivity index (χ1v) is 10.4. The summed E-state index contributed by atoms with van der Waals surface area (Å²) in [5.41, 5.74) is 1.63. The molecule has 3 rings (SSSR count). The summed E-state index contributed by atoms with van der Waals surface area (Å²) in [6.45, 7) is 3.24. The molecule has 0 saturated heterocycles. The second-order valence-corrected chi connectivity index (χ2v) is 7.27. The quantitative estimate of drug-likeness (QED) is 0.311. The zero-order chi connectivity index (χ0) is 22.8. The minimum Gasteiger partial charge on any atom is -0.493 e. The van der Waals surface area contributed by atoms with Crippen molar-refractivity contribution in [1.82, 2.24) is 5.32 Å². The Morgan fingerprint density at radius 1 is 0.781 bits per heavy atom. The first-order chi connectivity index (χ1) is 15.5. The fourth-order valence-corrected chi connectivity index (χ4v) is 2.87. The lowest BCUT2D eigenvalue weighted by atomic mass is 10.2. The van der Waals surface area contributed by atoms with Crippen molar-refractivity contribution in [2.75, 3.05) is 13.2 Å². The molecule has 0 aliphatic carbocycles. The summed E-state index contributed by atoms with van der Waals surface area (Å²) in [5.74, 6) is 1.00. The van der Waals surface area contributed by atoms with Crippen LogP contribution in [0.3, 0.4) is 0 Å². The highest BCUT2D eigenvalue weighted by molar-refractivity contribution is 5.46. The van der Waals surface area contributed by atoms with Crippen molar-refractivity contribution in [2.24, 2.45) is 0 Å². The van der Waals surface area contributed by atoms with Gasteiger partial charge in [0, 0.05) is 12.6 Å². The lowest BCUT2D eigenvalue weighted by Gasteiger charge is -2.15. The summed E-state index contributed by atoms with van der Waals surface area (Å²) in [5, 5.41) is 12.1. The normalized spacial score (nSPS) is 11.8. The molecule has 1 unspecified atom stereocenters. The molecular formula is C25H27F2NO4. The number of benzene rings is 3. The van der Waals surface area contributed by atoms with Crippen LogP contribution in [0, 0.1) is 11.6 Å². The van der Waals surface area contributed by atoms with Gasteiger partial charge in [-0.1, -0.05) is 24.3 Å². The monoisotopic (exact) mass is 443 g/mol. The topological polar surface area (TPSA) is 60.0 Å². The Kier molecular flexibility index (Phi) is 8.83. The Balaban J connectivity index is 1.65. The van der Waals surface area contributed by atoms with Gasteiger partial charge in [0.15, 0.2) is 11.5 Å². The van der Waals surface area contributed by atoms with E-state index in [1.807, 2.05) is 0 Å². The molecule has 0 amide bonds. The van der Waals surface area contributed by atoms with E-state index in [4.69, 9.17) is 14.2 Å². The van der Waals surface area contributed by atoms with Crippen LogP contribution in [0.15, 0.2) is 66.7 Å². The van der Waals surface area contributed by atoms with Crippen molar-refractivity contribution >= 4 is 0 Å². The van der Waals surface area contributed by atoms with Crippen LogP contribution in [0.4, 0.5) is 8.78 Å². The van der Waals surface area contributed by atoms with Crippen molar-refractivity contribution in [3.63, 3.8) is 0 Å². The SMILES string of the molecule is CC(O)NCCCOc1ccc(OCc2ccc(F)cc2)c(OCc2ccc(F)cc2)c1. The van der Waals surface area contributed by atoms with E-state index < -0.39 is 6.23 Å². The van der Waals surface area contributed by atoms with Gasteiger partial charge in [0.2, 0.25) is 0 Å². The molecule has 0 spiro atoms. The molecule has 1 atom stereocenters. The molecule has 0 saturated carbocycles. The Labute approximate surface area is 186 Å². The molecular weight excluding hydrogens is 416 g/mol. The van der Waals surface area contributed by atoms with E-state index in [2.05, 4.69) is 5.32 Å². The fraction of sp³-hybridized carbons (Fsp3) is 0.280. The summed E-state index contributed by atoms with van der Waals surface area (Å²) < 4.78 is 43.9. The molecule has 0 aliphatic heterocycles. The van der Waals surface area contributed by atoms with E-state index in [1.54, 1.807) is 49.4 Å². The third-order valence-corrected chi connectivity index (χ3v) is 4.56. The molecule has 0 aliphatic rings. The number of aliphatic hydroxyl groups is 1. The highest BCUT2D eigenvalue weighted by atomic mass is 19.1. The minimum atomic E-state index is -0.556. The average Bonchev–Trinajstić information content (AvgIpc) is 2.78. The number of aliphatic hydroxyl groups excluding tert-OH is 1. The van der Waals surface area contributed by atoms with Gasteiger partial charge in [-0.05, 0) is 60.9 Å². The number of ether oxygens (including phenoxy) is 3. The van der Waals surface area contributed by atoms with E-state index in [-0.39, 0.29) is 24.8 Å². The zero-order valence-corrected chi connectivity index (χ0v) is 17.9. The molecule has 0 radical (unpaired) electrons. The van der Waals surface area contributed by atoms with Gasteiger partial charge < -0.3 is 19.3 Å². The first kappa shape index (κ1) is 23.5. The number of hydrogen-bond donors (Lipinski definition) is 2. The van der Waals surface area contributed by atoms with E-state index >= 15 is 0 Å². The highest BCUT2D eigenvalue weighted by Crippen LogP contribution is 2.33. The molecule has 5 nitrogen and oxygen atoms in total. The van der Waals surface area contributed by atoms with E-state index in [0.29, 0.717) is 30.4 Å².